The van der Waals surface area contributed by atoms with Crippen LogP contribution in [0.3, 0.4) is 0 Å². The smallest absolute Gasteiger partial charge is 0.364 e. The van der Waals surface area contributed by atoms with Gasteiger partial charge in [0.15, 0.2) is 6.29 Å². The Balaban J connectivity index is 2.75. The molecule has 7 heteroatoms. The molecule has 1 aliphatic heterocycles. The van der Waals surface area contributed by atoms with Crippen LogP contribution in [-0.4, -0.2) is 23.2 Å². The number of aliphatic carboxylic acids is 1. The fraction of sp³-hybridized carbons (Fsp3) is 0.667. The number of hydrogen-bond acceptors (Lipinski definition) is 6. The molecule has 1 aliphatic rings. The van der Waals surface area contributed by atoms with Crippen molar-refractivity contribution in [3.05, 3.63) is 0 Å². The molecule has 0 spiro atoms. The number of rotatable bonds is 1. The third-order valence-corrected chi connectivity index (χ3v) is 1.03. The number of nitrogens with zero attached hydrogens (tertiary/aromatic N) is 2. The van der Waals surface area contributed by atoms with Crippen molar-refractivity contribution in [1.82, 2.24) is 5.32 Å². The van der Waals surface area contributed by atoms with Crippen LogP contribution in [0.5, 0.6) is 0 Å². The average molecular weight is 145 g/mol. The quantitative estimate of drug-likeness (QED) is 0.339. The van der Waals surface area contributed by atoms with Crippen molar-refractivity contribution in [3.8, 4) is 0 Å². The first-order valence-electron chi connectivity index (χ1n) is 2.52. The van der Waals surface area contributed by atoms with E-state index in [0.29, 0.717) is 0 Å². The molecule has 0 saturated heterocycles. The zero-order valence-corrected chi connectivity index (χ0v) is 4.98. The van der Waals surface area contributed by atoms with Gasteiger partial charge in [-0.15, -0.1) is 5.11 Å². The topological polar surface area (TPSA) is 126 Å². The summed E-state index contributed by atoms with van der Waals surface area (Å²) in [7, 11) is 0. The first-order chi connectivity index (χ1) is 4.54. The molecule has 1 rings (SSSR count). The van der Waals surface area contributed by atoms with E-state index in [2.05, 4.69) is 15.5 Å². The normalized spacial score (nSPS) is 38.4. The van der Waals surface area contributed by atoms with Gasteiger partial charge in [-0.3, -0.25) is 11.5 Å². The maximum atomic E-state index is 10.3. The molecule has 0 aromatic carbocycles. The SMILES string of the molecule is NC1N=NC(N)(C(=O)O)N1. The first-order valence-corrected chi connectivity index (χ1v) is 2.52. The van der Waals surface area contributed by atoms with Crippen LogP contribution >= 0.6 is 0 Å². The lowest BCUT2D eigenvalue weighted by atomic mass is 10.4. The molecule has 0 amide bonds. The number of carboxylic acid groups (broad SMARTS) is 1. The molecule has 2 unspecified atom stereocenters. The molecule has 0 aliphatic carbocycles. The first kappa shape index (κ1) is 7.06. The molecule has 0 radical (unpaired) electrons. The van der Waals surface area contributed by atoms with Crippen molar-refractivity contribution in [1.29, 1.82) is 0 Å². The summed E-state index contributed by atoms with van der Waals surface area (Å²) in [5, 5.41) is 17.2. The van der Waals surface area contributed by atoms with Crippen molar-refractivity contribution in [2.45, 2.75) is 12.1 Å². The molecule has 7 nitrogen and oxygen atoms in total. The Bertz CT molecular complexity index is 191. The van der Waals surface area contributed by atoms with Gasteiger partial charge >= 0.3 is 5.97 Å². The van der Waals surface area contributed by atoms with Crippen LogP contribution in [0.1, 0.15) is 0 Å². The summed E-state index contributed by atoms with van der Waals surface area (Å²) in [6.07, 6.45) is -0.818. The minimum absolute atomic E-state index is 0.818. The van der Waals surface area contributed by atoms with E-state index in [9.17, 15) is 4.79 Å². The second kappa shape index (κ2) is 1.97. The Labute approximate surface area is 56.1 Å². The zero-order chi connectivity index (χ0) is 7.78. The summed E-state index contributed by atoms with van der Waals surface area (Å²) in [6.45, 7) is 0. The molecule has 0 aromatic heterocycles. The molecular weight excluding hydrogens is 138 g/mol. The van der Waals surface area contributed by atoms with E-state index in [0.717, 1.165) is 0 Å². The van der Waals surface area contributed by atoms with Crippen molar-refractivity contribution in [2.24, 2.45) is 21.7 Å². The Hall–Kier alpha value is -1.05. The van der Waals surface area contributed by atoms with E-state index < -0.39 is 18.0 Å². The predicted molar refractivity (Wildman–Crippen MR) is 30.5 cm³/mol. The van der Waals surface area contributed by atoms with Gasteiger partial charge in [-0.1, -0.05) is 0 Å². The van der Waals surface area contributed by atoms with Gasteiger partial charge in [-0.2, -0.15) is 5.11 Å². The fourth-order valence-corrected chi connectivity index (χ4v) is 0.541. The van der Waals surface area contributed by atoms with E-state index >= 15 is 0 Å². The minimum Gasteiger partial charge on any atom is -0.477 e. The highest BCUT2D eigenvalue weighted by Crippen LogP contribution is 2.07. The fourth-order valence-electron chi connectivity index (χ4n) is 0.541. The summed E-state index contributed by atoms with van der Waals surface area (Å²) in [5.41, 5.74) is 10.3. The van der Waals surface area contributed by atoms with Crippen LogP contribution in [0.25, 0.3) is 0 Å². The Morgan fingerprint density at radius 3 is 2.60 bits per heavy atom. The zero-order valence-electron chi connectivity index (χ0n) is 4.98. The van der Waals surface area contributed by atoms with E-state index in [1.54, 1.807) is 0 Å². The van der Waals surface area contributed by atoms with Crippen molar-refractivity contribution >= 4 is 5.97 Å². The Morgan fingerprint density at radius 1 is 1.80 bits per heavy atom. The highest BCUT2D eigenvalue weighted by molar-refractivity contribution is 5.77. The van der Waals surface area contributed by atoms with Crippen LogP contribution in [0, 0.1) is 0 Å². The summed E-state index contributed by atoms with van der Waals surface area (Å²) < 4.78 is 0. The van der Waals surface area contributed by atoms with Gasteiger partial charge < -0.3 is 5.11 Å². The molecule has 10 heavy (non-hydrogen) atoms. The largest absolute Gasteiger partial charge is 0.477 e. The molecule has 0 fully saturated rings. The highest BCUT2D eigenvalue weighted by Gasteiger charge is 2.39. The third-order valence-electron chi connectivity index (χ3n) is 1.03. The Kier molecular flexibility index (Phi) is 1.39. The molecule has 56 valence electrons. The number of nitrogens with one attached hydrogen (secondary N) is 1. The van der Waals surface area contributed by atoms with Gasteiger partial charge in [-0.25, -0.2) is 10.1 Å². The van der Waals surface area contributed by atoms with Crippen molar-refractivity contribution in [3.63, 3.8) is 0 Å². The summed E-state index contributed by atoms with van der Waals surface area (Å²) in [4.78, 5) is 10.3. The van der Waals surface area contributed by atoms with Crippen molar-refractivity contribution in [2.75, 3.05) is 0 Å². The van der Waals surface area contributed by atoms with Gasteiger partial charge in [0.1, 0.15) is 0 Å². The lowest BCUT2D eigenvalue weighted by molar-refractivity contribution is -0.144. The van der Waals surface area contributed by atoms with E-state index in [1.165, 1.54) is 0 Å². The van der Waals surface area contributed by atoms with Crippen LogP contribution in [0.2, 0.25) is 0 Å². The minimum atomic E-state index is -1.83. The van der Waals surface area contributed by atoms with Gasteiger partial charge in [-0.05, 0) is 0 Å². The van der Waals surface area contributed by atoms with Gasteiger partial charge in [0.05, 0.1) is 0 Å². The lowest BCUT2D eigenvalue weighted by Gasteiger charge is -2.13. The second-order valence-electron chi connectivity index (χ2n) is 1.88. The molecule has 0 aromatic rings. The van der Waals surface area contributed by atoms with Gasteiger partial charge in [0, 0.05) is 0 Å². The summed E-state index contributed by atoms with van der Waals surface area (Å²) >= 11 is 0. The monoisotopic (exact) mass is 145 g/mol. The number of carboxylic acids is 1. The van der Waals surface area contributed by atoms with E-state index in [4.69, 9.17) is 16.6 Å². The van der Waals surface area contributed by atoms with Crippen LogP contribution in [-0.2, 0) is 4.79 Å². The molecule has 2 atom stereocenters. The second-order valence-corrected chi connectivity index (χ2v) is 1.88. The van der Waals surface area contributed by atoms with Crippen molar-refractivity contribution < 1.29 is 9.90 Å². The van der Waals surface area contributed by atoms with Crippen LogP contribution in [0.4, 0.5) is 0 Å². The lowest BCUT2D eigenvalue weighted by Crippen LogP contribution is -2.59. The summed E-state index contributed by atoms with van der Waals surface area (Å²) in [5.74, 6) is -3.14. The third kappa shape index (κ3) is 0.967. The maximum absolute atomic E-state index is 10.3. The molecule has 0 saturated carbocycles. The number of carbonyl (C=O) groups is 1. The molecule has 0 bridgehead atoms. The summed E-state index contributed by atoms with van der Waals surface area (Å²) in [6, 6.07) is 0. The van der Waals surface area contributed by atoms with Gasteiger partial charge in [0.2, 0.25) is 0 Å². The molecular formula is C3H7N5O2. The maximum Gasteiger partial charge on any atom is 0.364 e. The number of azo groups is 1. The molecule has 1 heterocycles. The van der Waals surface area contributed by atoms with E-state index in [1.807, 2.05) is 0 Å². The predicted octanol–water partition coefficient (Wildman–Crippen LogP) is -2.02. The average Bonchev–Trinajstić information content (AvgIpc) is 2.13. The standard InChI is InChI=1S/C3H7N5O2/c4-2-6-3(5,1(9)10)8-7-2/h2,6H,4-5H2,(H,9,10). The van der Waals surface area contributed by atoms with Crippen LogP contribution in [0.15, 0.2) is 10.2 Å². The Morgan fingerprint density at radius 2 is 2.40 bits per heavy atom. The number of hydrogen-bond donors (Lipinski definition) is 4. The molecule has 6 N–H and O–H groups in total. The highest BCUT2D eigenvalue weighted by atomic mass is 16.4. The van der Waals surface area contributed by atoms with Crippen LogP contribution < -0.4 is 16.8 Å². The number of nitrogens with two attached hydrogens (primary N) is 2. The van der Waals surface area contributed by atoms with E-state index in [-0.39, 0.29) is 0 Å². The van der Waals surface area contributed by atoms with Gasteiger partial charge in [0.25, 0.3) is 5.79 Å².